The van der Waals surface area contributed by atoms with Crippen molar-refractivity contribution < 1.29 is 42.2 Å². The Hall–Kier alpha value is -3.47. The second-order valence-corrected chi connectivity index (χ2v) is 10.9. The molecule has 4 atom stereocenters. The number of carbonyl (C=O) groups is 3. The standard InChI is InChI=1S/C25H29FN2O3.C2HF3O2/c1-13-9-10-16-17(11-13)27-23(31)25(16)18(12-24(3,4)5)28-21(22(29)30)19(25)15-8-6-7-14(2)20(15)26;3-2(4,5)1(6)7/h6-11,18-19,21,28H,12H2,1-5H3,(H,27,31)(H,29,30);(H,6,7)/t18-,19?,21-,25+;/m1./s1. The minimum absolute atomic E-state index is 0.179. The summed E-state index contributed by atoms with van der Waals surface area (Å²) < 4.78 is 47.1. The number of rotatable bonds is 3. The van der Waals surface area contributed by atoms with Crippen LogP contribution in [0.5, 0.6) is 0 Å². The van der Waals surface area contributed by atoms with E-state index in [2.05, 4.69) is 31.4 Å². The van der Waals surface area contributed by atoms with E-state index in [-0.39, 0.29) is 16.9 Å². The summed E-state index contributed by atoms with van der Waals surface area (Å²) >= 11 is 0. The maximum absolute atomic E-state index is 15.4. The number of carboxylic acid groups (broad SMARTS) is 2. The van der Waals surface area contributed by atoms with Crippen molar-refractivity contribution in [1.82, 2.24) is 5.32 Å². The first-order valence-electron chi connectivity index (χ1n) is 11.9. The third-order valence-electron chi connectivity index (χ3n) is 6.88. The topological polar surface area (TPSA) is 116 Å². The van der Waals surface area contributed by atoms with Gasteiger partial charge in [-0.15, -0.1) is 0 Å². The summed E-state index contributed by atoms with van der Waals surface area (Å²) in [5.41, 5.74) is 1.69. The van der Waals surface area contributed by atoms with Gasteiger partial charge in [0.1, 0.15) is 17.3 Å². The number of benzene rings is 2. The number of carboxylic acids is 2. The number of anilines is 1. The molecule has 7 nitrogen and oxygen atoms in total. The number of alkyl halides is 3. The highest BCUT2D eigenvalue weighted by Crippen LogP contribution is 2.56. The fourth-order valence-corrected chi connectivity index (χ4v) is 5.43. The molecule has 1 amide bonds. The molecule has 1 saturated heterocycles. The van der Waals surface area contributed by atoms with Gasteiger partial charge >= 0.3 is 18.1 Å². The summed E-state index contributed by atoms with van der Waals surface area (Å²) in [4.78, 5) is 35.0. The fraction of sp³-hybridized carbons (Fsp3) is 0.444. The van der Waals surface area contributed by atoms with Crippen molar-refractivity contribution in [3.63, 3.8) is 0 Å². The highest BCUT2D eigenvalue weighted by molar-refractivity contribution is 6.09. The van der Waals surface area contributed by atoms with Gasteiger partial charge in [0.05, 0.1) is 0 Å². The smallest absolute Gasteiger partial charge is 0.480 e. The summed E-state index contributed by atoms with van der Waals surface area (Å²) in [6, 6.07) is 9.14. The number of nitrogens with one attached hydrogen (secondary N) is 2. The van der Waals surface area contributed by atoms with Crippen LogP contribution in [0.2, 0.25) is 0 Å². The maximum Gasteiger partial charge on any atom is 0.490 e. The van der Waals surface area contributed by atoms with Crippen LogP contribution in [0.1, 0.15) is 55.4 Å². The van der Waals surface area contributed by atoms with Gasteiger partial charge < -0.3 is 15.5 Å². The van der Waals surface area contributed by atoms with Crippen LogP contribution in [0.4, 0.5) is 23.2 Å². The van der Waals surface area contributed by atoms with Crippen LogP contribution in [0.15, 0.2) is 36.4 Å². The van der Waals surface area contributed by atoms with Gasteiger partial charge in [-0.25, -0.2) is 9.18 Å². The van der Waals surface area contributed by atoms with Gasteiger partial charge in [0.2, 0.25) is 5.91 Å². The minimum Gasteiger partial charge on any atom is -0.480 e. The van der Waals surface area contributed by atoms with Crippen molar-refractivity contribution in [3.8, 4) is 0 Å². The Bertz CT molecular complexity index is 1270. The van der Waals surface area contributed by atoms with Crippen molar-refractivity contribution in [3.05, 3.63) is 64.5 Å². The lowest BCUT2D eigenvalue weighted by Crippen LogP contribution is -2.49. The summed E-state index contributed by atoms with van der Waals surface area (Å²) in [7, 11) is 0. The van der Waals surface area contributed by atoms with Gasteiger partial charge in [0.15, 0.2) is 0 Å². The van der Waals surface area contributed by atoms with Gasteiger partial charge in [-0.3, -0.25) is 14.9 Å². The lowest BCUT2D eigenvalue weighted by molar-refractivity contribution is -0.192. The van der Waals surface area contributed by atoms with Crippen LogP contribution in [0, 0.1) is 25.1 Å². The summed E-state index contributed by atoms with van der Waals surface area (Å²) in [6.07, 6.45) is -4.53. The monoisotopic (exact) mass is 538 g/mol. The van der Waals surface area contributed by atoms with Crippen LogP contribution in [-0.2, 0) is 19.8 Å². The molecular weight excluding hydrogens is 508 g/mol. The van der Waals surface area contributed by atoms with Gasteiger partial charge in [0.25, 0.3) is 0 Å². The highest BCUT2D eigenvalue weighted by Gasteiger charge is 2.66. The Morgan fingerprint density at radius 2 is 1.66 bits per heavy atom. The Morgan fingerprint density at radius 1 is 1.05 bits per heavy atom. The lowest BCUT2D eigenvalue weighted by atomic mass is 9.62. The van der Waals surface area contributed by atoms with E-state index in [1.165, 1.54) is 0 Å². The summed E-state index contributed by atoms with van der Waals surface area (Å²) in [6.45, 7) is 9.77. The zero-order valence-corrected chi connectivity index (χ0v) is 21.5. The molecule has 0 aromatic heterocycles. The zero-order valence-electron chi connectivity index (χ0n) is 21.5. The number of aryl methyl sites for hydroxylation is 2. The molecule has 0 saturated carbocycles. The van der Waals surface area contributed by atoms with Crippen LogP contribution in [0.3, 0.4) is 0 Å². The first-order chi connectivity index (χ1) is 17.4. The van der Waals surface area contributed by atoms with Crippen molar-refractivity contribution in [1.29, 1.82) is 0 Å². The van der Waals surface area contributed by atoms with Gasteiger partial charge in [-0.05, 0) is 54.0 Å². The van der Waals surface area contributed by atoms with Crippen molar-refractivity contribution in [2.45, 2.75) is 70.6 Å². The summed E-state index contributed by atoms with van der Waals surface area (Å²) in [5, 5.41) is 23.5. The Balaban J connectivity index is 0.000000505. The molecule has 206 valence electrons. The molecule has 1 spiro atoms. The fourth-order valence-electron chi connectivity index (χ4n) is 5.43. The number of hydrogen-bond donors (Lipinski definition) is 4. The SMILES string of the molecule is Cc1ccc2c(c1)NC(=O)[C@@]21C(c2cccc(C)c2F)[C@H](C(=O)O)N[C@@H]1CC(C)(C)C.O=C(O)C(F)(F)F. The lowest BCUT2D eigenvalue weighted by Gasteiger charge is -2.37. The molecule has 0 radical (unpaired) electrons. The number of hydrogen-bond acceptors (Lipinski definition) is 4. The molecule has 1 fully saturated rings. The molecule has 2 heterocycles. The largest absolute Gasteiger partial charge is 0.490 e. The first-order valence-corrected chi connectivity index (χ1v) is 11.9. The molecule has 2 aliphatic rings. The third-order valence-corrected chi connectivity index (χ3v) is 6.88. The Morgan fingerprint density at radius 3 is 2.18 bits per heavy atom. The summed E-state index contributed by atoms with van der Waals surface area (Å²) in [5.74, 6) is -5.46. The Labute approximate surface area is 217 Å². The van der Waals surface area contributed by atoms with E-state index in [1.54, 1.807) is 25.1 Å². The second kappa shape index (κ2) is 10.0. The van der Waals surface area contributed by atoms with E-state index in [0.29, 0.717) is 17.7 Å². The number of halogens is 4. The highest BCUT2D eigenvalue weighted by atomic mass is 19.4. The van der Waals surface area contributed by atoms with Crippen LogP contribution < -0.4 is 10.6 Å². The van der Waals surface area contributed by atoms with E-state index >= 15 is 4.39 Å². The van der Waals surface area contributed by atoms with E-state index in [1.807, 2.05) is 25.1 Å². The van der Waals surface area contributed by atoms with Crippen molar-refractivity contribution in [2.75, 3.05) is 5.32 Å². The first kappa shape index (κ1) is 29.1. The second-order valence-electron chi connectivity index (χ2n) is 10.9. The van der Waals surface area contributed by atoms with Gasteiger partial charge in [-0.2, -0.15) is 13.2 Å². The molecule has 11 heteroatoms. The molecule has 38 heavy (non-hydrogen) atoms. The predicted octanol–water partition coefficient (Wildman–Crippen LogP) is 4.91. The number of aliphatic carboxylic acids is 2. The number of carbonyl (C=O) groups excluding carboxylic acids is 1. The molecule has 4 N–H and O–H groups in total. The van der Waals surface area contributed by atoms with Crippen molar-refractivity contribution >= 4 is 23.5 Å². The molecule has 0 aliphatic carbocycles. The normalized spacial score (nSPS) is 24.4. The van der Waals surface area contributed by atoms with E-state index in [0.717, 1.165) is 11.1 Å². The average molecular weight is 539 g/mol. The zero-order chi connectivity index (χ0) is 28.8. The number of amides is 1. The molecule has 2 aliphatic heterocycles. The van der Waals surface area contributed by atoms with Gasteiger partial charge in [0, 0.05) is 17.6 Å². The van der Waals surface area contributed by atoms with Gasteiger partial charge in [-0.1, -0.05) is 51.1 Å². The quantitative estimate of drug-likeness (QED) is 0.413. The van der Waals surface area contributed by atoms with E-state index in [9.17, 15) is 27.9 Å². The van der Waals surface area contributed by atoms with Crippen LogP contribution in [-0.4, -0.2) is 46.3 Å². The van der Waals surface area contributed by atoms with Crippen molar-refractivity contribution in [2.24, 2.45) is 5.41 Å². The molecule has 4 rings (SSSR count). The number of fused-ring (bicyclic) bond motifs is 2. The molecular formula is C27H30F4N2O5. The average Bonchev–Trinajstić information content (AvgIpc) is 3.24. The van der Waals surface area contributed by atoms with Crippen LogP contribution >= 0.6 is 0 Å². The molecule has 2 aromatic carbocycles. The van der Waals surface area contributed by atoms with E-state index < -0.39 is 47.3 Å². The maximum atomic E-state index is 15.4. The molecule has 1 unspecified atom stereocenters. The van der Waals surface area contributed by atoms with Crippen LogP contribution in [0.25, 0.3) is 0 Å². The minimum atomic E-state index is -5.08. The predicted molar refractivity (Wildman–Crippen MR) is 131 cm³/mol. The Kier molecular flexibility index (Phi) is 7.66. The van der Waals surface area contributed by atoms with E-state index in [4.69, 9.17) is 9.90 Å². The molecule has 2 aromatic rings. The third kappa shape index (κ3) is 5.24. The molecule has 0 bridgehead atoms.